The molecule has 136 valence electrons. The van der Waals surface area contributed by atoms with Gasteiger partial charge >= 0.3 is 0 Å². The Hall–Kier alpha value is -1.50. The van der Waals surface area contributed by atoms with Crippen LogP contribution in [0.25, 0.3) is 0 Å². The Morgan fingerprint density at radius 2 is 1.88 bits per heavy atom. The predicted octanol–water partition coefficient (Wildman–Crippen LogP) is 1.30. The van der Waals surface area contributed by atoms with Crippen LogP contribution < -0.4 is 20.1 Å². The highest BCUT2D eigenvalue weighted by Gasteiger charge is 2.14. The second-order valence-corrected chi connectivity index (χ2v) is 5.67. The Bertz CT molecular complexity index is 478. The number of nitrogens with zero attached hydrogens (tertiary/aromatic N) is 1. The number of rotatable bonds is 8. The number of piperazine rings is 1. The summed E-state index contributed by atoms with van der Waals surface area (Å²) in [7, 11) is 1.62. The van der Waals surface area contributed by atoms with Crippen LogP contribution in [0.15, 0.2) is 24.3 Å². The average Bonchev–Trinajstić information content (AvgIpc) is 2.60. The number of hydrogen-bond acceptors (Lipinski definition) is 5. The zero-order chi connectivity index (χ0) is 16.5. The number of halogens is 1. The molecule has 1 aliphatic heterocycles. The first-order valence-corrected chi connectivity index (χ1v) is 8.20. The van der Waals surface area contributed by atoms with Crippen molar-refractivity contribution in [2.24, 2.45) is 0 Å². The lowest BCUT2D eigenvalue weighted by molar-refractivity contribution is -0.127. The van der Waals surface area contributed by atoms with Crippen LogP contribution >= 0.6 is 12.4 Å². The molecule has 1 aliphatic rings. The van der Waals surface area contributed by atoms with E-state index in [-0.39, 0.29) is 18.3 Å². The number of benzene rings is 1. The van der Waals surface area contributed by atoms with Gasteiger partial charge in [-0.1, -0.05) is 0 Å². The van der Waals surface area contributed by atoms with E-state index in [0.717, 1.165) is 44.9 Å². The van der Waals surface area contributed by atoms with Gasteiger partial charge in [0.1, 0.15) is 11.5 Å². The summed E-state index contributed by atoms with van der Waals surface area (Å²) < 4.78 is 10.7. The number of hydrogen-bond donors (Lipinski definition) is 2. The normalized spacial score (nSPS) is 15.9. The summed E-state index contributed by atoms with van der Waals surface area (Å²) >= 11 is 0. The fraction of sp³-hybridized carbons (Fsp3) is 0.588. The summed E-state index contributed by atoms with van der Waals surface area (Å²) in [6.07, 6.45) is 0.448. The van der Waals surface area contributed by atoms with E-state index >= 15 is 0 Å². The van der Waals surface area contributed by atoms with Crippen LogP contribution in [0.4, 0.5) is 0 Å². The lowest BCUT2D eigenvalue weighted by Gasteiger charge is -2.27. The van der Waals surface area contributed by atoms with E-state index in [1.165, 1.54) is 0 Å². The zero-order valence-corrected chi connectivity index (χ0v) is 15.2. The van der Waals surface area contributed by atoms with Gasteiger partial charge < -0.3 is 25.0 Å². The summed E-state index contributed by atoms with van der Waals surface area (Å²) in [5, 5.41) is 6.27. The molecule has 1 aromatic rings. The molecule has 0 saturated carbocycles. The van der Waals surface area contributed by atoms with Crippen molar-refractivity contribution in [2.75, 3.05) is 46.4 Å². The van der Waals surface area contributed by atoms with Crippen LogP contribution in [0.1, 0.15) is 13.3 Å². The molecule has 0 bridgehead atoms. The Morgan fingerprint density at radius 1 is 1.25 bits per heavy atom. The van der Waals surface area contributed by atoms with E-state index in [4.69, 9.17) is 9.47 Å². The lowest BCUT2D eigenvalue weighted by Crippen LogP contribution is -2.44. The fourth-order valence-electron chi connectivity index (χ4n) is 2.50. The van der Waals surface area contributed by atoms with Gasteiger partial charge in [0.05, 0.1) is 7.11 Å². The molecule has 2 N–H and O–H groups in total. The molecular weight excluding hydrogens is 330 g/mol. The Morgan fingerprint density at radius 3 is 2.50 bits per heavy atom. The third-order valence-electron chi connectivity index (χ3n) is 3.90. The van der Waals surface area contributed by atoms with Gasteiger partial charge in [0, 0.05) is 32.7 Å². The minimum atomic E-state index is -0.511. The molecule has 1 unspecified atom stereocenters. The van der Waals surface area contributed by atoms with E-state index in [1.54, 1.807) is 26.2 Å². The molecule has 6 nitrogen and oxygen atoms in total. The summed E-state index contributed by atoms with van der Waals surface area (Å²) in [6, 6.07) is 7.22. The van der Waals surface area contributed by atoms with E-state index < -0.39 is 6.10 Å². The highest BCUT2D eigenvalue weighted by Crippen LogP contribution is 2.18. The highest BCUT2D eigenvalue weighted by molar-refractivity contribution is 5.85. The maximum atomic E-state index is 12.0. The van der Waals surface area contributed by atoms with E-state index in [2.05, 4.69) is 15.5 Å². The maximum Gasteiger partial charge on any atom is 0.260 e. The third kappa shape index (κ3) is 6.95. The first-order chi connectivity index (χ1) is 11.2. The van der Waals surface area contributed by atoms with Crippen molar-refractivity contribution in [1.82, 2.24) is 15.5 Å². The first kappa shape index (κ1) is 20.5. The maximum absolute atomic E-state index is 12.0. The average molecular weight is 358 g/mol. The first-order valence-electron chi connectivity index (χ1n) is 8.20. The summed E-state index contributed by atoms with van der Waals surface area (Å²) in [5.41, 5.74) is 0. The standard InChI is InChI=1S/C17H27N3O3.ClH/c1-14(23-16-6-4-15(22-2)5-7-16)17(21)19-8-3-11-20-12-9-18-10-13-20;/h4-7,14,18H,3,8-13H2,1-2H3,(H,19,21);1H. The summed E-state index contributed by atoms with van der Waals surface area (Å²) in [4.78, 5) is 14.5. The van der Waals surface area contributed by atoms with Gasteiger partial charge in [-0.2, -0.15) is 0 Å². The van der Waals surface area contributed by atoms with Gasteiger partial charge in [0.15, 0.2) is 6.10 Å². The second-order valence-electron chi connectivity index (χ2n) is 5.67. The number of nitrogens with one attached hydrogen (secondary N) is 2. The molecule has 0 aromatic heterocycles. The van der Waals surface area contributed by atoms with Crippen molar-refractivity contribution in [3.8, 4) is 11.5 Å². The molecule has 1 aromatic carbocycles. The largest absolute Gasteiger partial charge is 0.497 e. The fourth-order valence-corrected chi connectivity index (χ4v) is 2.50. The van der Waals surface area contributed by atoms with Gasteiger partial charge in [0.25, 0.3) is 5.91 Å². The predicted molar refractivity (Wildman–Crippen MR) is 97.3 cm³/mol. The van der Waals surface area contributed by atoms with Crippen molar-refractivity contribution in [1.29, 1.82) is 0 Å². The van der Waals surface area contributed by atoms with Crippen LogP contribution in [-0.4, -0.2) is 63.3 Å². The molecule has 2 rings (SSSR count). The summed E-state index contributed by atoms with van der Waals surface area (Å²) in [6.45, 7) is 7.75. The monoisotopic (exact) mass is 357 g/mol. The number of amides is 1. The van der Waals surface area contributed by atoms with Crippen molar-refractivity contribution in [3.63, 3.8) is 0 Å². The number of carbonyl (C=O) groups excluding carboxylic acids is 1. The third-order valence-corrected chi connectivity index (χ3v) is 3.90. The Kier molecular flexibility index (Phi) is 9.52. The number of carbonyl (C=O) groups is 1. The van der Waals surface area contributed by atoms with Crippen LogP contribution in [-0.2, 0) is 4.79 Å². The smallest absolute Gasteiger partial charge is 0.260 e. The minimum absolute atomic E-state index is 0. The topological polar surface area (TPSA) is 62.8 Å². The van der Waals surface area contributed by atoms with Crippen molar-refractivity contribution >= 4 is 18.3 Å². The Labute approximate surface area is 150 Å². The highest BCUT2D eigenvalue weighted by atomic mass is 35.5. The summed E-state index contributed by atoms with van der Waals surface area (Å²) in [5.74, 6) is 1.35. The number of methoxy groups -OCH3 is 1. The van der Waals surface area contributed by atoms with E-state index in [1.807, 2.05) is 12.1 Å². The van der Waals surface area contributed by atoms with Crippen LogP contribution in [0.2, 0.25) is 0 Å². The van der Waals surface area contributed by atoms with Crippen LogP contribution in [0.5, 0.6) is 11.5 Å². The van der Waals surface area contributed by atoms with Gasteiger partial charge in [0.2, 0.25) is 0 Å². The Balaban J connectivity index is 0.00000288. The second kappa shape index (κ2) is 11.1. The molecule has 0 spiro atoms. The molecule has 0 radical (unpaired) electrons. The van der Waals surface area contributed by atoms with Gasteiger partial charge in [-0.3, -0.25) is 4.79 Å². The zero-order valence-electron chi connectivity index (χ0n) is 14.4. The lowest BCUT2D eigenvalue weighted by atomic mass is 10.3. The minimum Gasteiger partial charge on any atom is -0.497 e. The van der Waals surface area contributed by atoms with Crippen LogP contribution in [0.3, 0.4) is 0 Å². The molecule has 1 fully saturated rings. The SMILES string of the molecule is COc1ccc(OC(C)C(=O)NCCCN2CCNCC2)cc1.Cl. The number of ether oxygens (including phenoxy) is 2. The van der Waals surface area contributed by atoms with Crippen LogP contribution in [0, 0.1) is 0 Å². The van der Waals surface area contributed by atoms with Crippen molar-refractivity contribution in [2.45, 2.75) is 19.4 Å². The molecule has 1 heterocycles. The van der Waals surface area contributed by atoms with Gasteiger partial charge in [-0.15, -0.1) is 12.4 Å². The van der Waals surface area contributed by atoms with E-state index in [0.29, 0.717) is 12.3 Å². The molecule has 1 saturated heterocycles. The van der Waals surface area contributed by atoms with Crippen molar-refractivity contribution in [3.05, 3.63) is 24.3 Å². The molecule has 24 heavy (non-hydrogen) atoms. The van der Waals surface area contributed by atoms with E-state index in [9.17, 15) is 4.79 Å². The molecule has 7 heteroatoms. The molecular formula is C17H28ClN3O3. The molecule has 1 amide bonds. The van der Waals surface area contributed by atoms with Crippen molar-refractivity contribution < 1.29 is 14.3 Å². The quantitative estimate of drug-likeness (QED) is 0.687. The van der Waals surface area contributed by atoms with Gasteiger partial charge in [-0.25, -0.2) is 0 Å². The van der Waals surface area contributed by atoms with Gasteiger partial charge in [-0.05, 0) is 44.2 Å². The molecule has 1 atom stereocenters. The molecule has 0 aliphatic carbocycles.